The number of aromatic hydroxyl groups is 6. The van der Waals surface area contributed by atoms with E-state index in [1.165, 1.54) is 0 Å². The van der Waals surface area contributed by atoms with Gasteiger partial charge in [-0.25, -0.2) is 9.59 Å². The first-order valence-electron chi connectivity index (χ1n) is 8.78. The van der Waals surface area contributed by atoms with Crippen LogP contribution in [-0.4, -0.2) is 72.8 Å². The molecule has 0 bridgehead atoms. The lowest BCUT2D eigenvalue weighted by Crippen LogP contribution is -2.45. The molecule has 0 spiro atoms. The maximum atomic E-state index is 12.2. The van der Waals surface area contributed by atoms with Gasteiger partial charge in [-0.1, -0.05) is 0 Å². The number of esters is 2. The monoisotopic (exact) mass is 438 g/mol. The largest absolute Gasteiger partial charge is 0.504 e. The number of carbonyl (C=O) groups excluding carboxylic acids is 2. The van der Waals surface area contributed by atoms with Crippen LogP contribution in [0.25, 0.3) is 0 Å². The van der Waals surface area contributed by atoms with Gasteiger partial charge in [0, 0.05) is 6.42 Å². The van der Waals surface area contributed by atoms with Gasteiger partial charge >= 0.3 is 11.9 Å². The van der Waals surface area contributed by atoms with Crippen molar-refractivity contribution in [3.63, 3.8) is 0 Å². The Morgan fingerprint density at radius 3 is 1.61 bits per heavy atom. The normalized spacial score (nSPS) is 20.7. The summed E-state index contributed by atoms with van der Waals surface area (Å²) in [5, 5.41) is 66.7. The van der Waals surface area contributed by atoms with E-state index < -0.39 is 64.9 Å². The molecule has 31 heavy (non-hydrogen) atoms. The van der Waals surface area contributed by atoms with E-state index in [-0.39, 0.29) is 24.2 Å². The van der Waals surface area contributed by atoms with Crippen molar-refractivity contribution in [2.75, 3.05) is 6.61 Å². The molecule has 0 aromatic heterocycles. The summed E-state index contributed by atoms with van der Waals surface area (Å²) in [5.74, 6) is -6.63. The van der Waals surface area contributed by atoms with Crippen LogP contribution < -0.4 is 0 Å². The molecule has 1 saturated heterocycles. The zero-order chi connectivity index (χ0) is 22.9. The van der Waals surface area contributed by atoms with Gasteiger partial charge in [-0.05, 0) is 24.3 Å². The second-order valence-electron chi connectivity index (χ2n) is 6.64. The van der Waals surface area contributed by atoms with E-state index in [1.54, 1.807) is 0 Å². The van der Waals surface area contributed by atoms with Crippen LogP contribution in [0.3, 0.4) is 0 Å². The van der Waals surface area contributed by atoms with E-state index in [0.29, 0.717) is 0 Å². The molecule has 1 aliphatic heterocycles. The predicted octanol–water partition coefficient (Wildman–Crippen LogP) is 0.410. The van der Waals surface area contributed by atoms with Crippen LogP contribution in [0, 0.1) is 0 Å². The highest BCUT2D eigenvalue weighted by Gasteiger charge is 2.35. The molecule has 2 aromatic rings. The maximum absolute atomic E-state index is 12.2. The van der Waals surface area contributed by atoms with Crippen molar-refractivity contribution in [1.29, 1.82) is 0 Å². The third kappa shape index (κ3) is 4.65. The molecule has 1 heterocycles. The molecule has 0 unspecified atom stereocenters. The number of ether oxygens (including phenoxy) is 3. The lowest BCUT2D eigenvalue weighted by atomic mass is 10.1. The van der Waals surface area contributed by atoms with Crippen LogP contribution in [0.4, 0.5) is 0 Å². The Kier molecular flexibility index (Phi) is 5.95. The van der Waals surface area contributed by atoms with Crippen molar-refractivity contribution in [2.24, 2.45) is 0 Å². The first-order valence-corrected chi connectivity index (χ1v) is 8.78. The number of benzene rings is 2. The molecule has 12 nitrogen and oxygen atoms in total. The molecule has 1 aliphatic rings. The smallest absolute Gasteiger partial charge is 0.340 e. The fourth-order valence-electron chi connectivity index (χ4n) is 2.76. The van der Waals surface area contributed by atoms with Crippen LogP contribution in [-0.2, 0) is 14.2 Å². The van der Waals surface area contributed by atoms with Gasteiger partial charge in [0.1, 0.15) is 0 Å². The Morgan fingerprint density at radius 1 is 0.774 bits per heavy atom. The molecule has 0 radical (unpaired) electrons. The van der Waals surface area contributed by atoms with Gasteiger partial charge in [0.25, 0.3) is 0 Å². The molecule has 2 aromatic carbocycles. The van der Waals surface area contributed by atoms with Gasteiger partial charge < -0.3 is 50.0 Å². The van der Waals surface area contributed by atoms with E-state index in [0.717, 1.165) is 24.3 Å². The maximum Gasteiger partial charge on any atom is 0.340 e. The van der Waals surface area contributed by atoms with E-state index in [2.05, 4.69) is 0 Å². The third-order valence-electron chi connectivity index (χ3n) is 4.42. The Hall–Kier alpha value is -3.90. The van der Waals surface area contributed by atoms with E-state index in [4.69, 9.17) is 14.2 Å². The van der Waals surface area contributed by atoms with Crippen molar-refractivity contribution in [1.82, 2.24) is 0 Å². The summed E-state index contributed by atoms with van der Waals surface area (Å²) in [6, 6.07) is 3.45. The highest BCUT2D eigenvalue weighted by Crippen LogP contribution is 2.37. The van der Waals surface area contributed by atoms with Crippen LogP contribution in [0.15, 0.2) is 24.3 Å². The highest BCUT2D eigenvalue weighted by atomic mass is 16.7. The highest BCUT2D eigenvalue weighted by molar-refractivity contribution is 5.91. The first kappa shape index (κ1) is 21.8. The van der Waals surface area contributed by atoms with E-state index >= 15 is 0 Å². The van der Waals surface area contributed by atoms with Gasteiger partial charge in [-0.2, -0.15) is 0 Å². The molecule has 12 heteroatoms. The van der Waals surface area contributed by atoms with Crippen LogP contribution >= 0.6 is 0 Å². The number of phenolic OH excluding ortho intramolecular Hbond substituents is 6. The molecular formula is C19H18O12. The second-order valence-corrected chi connectivity index (χ2v) is 6.64. The van der Waals surface area contributed by atoms with Crippen LogP contribution in [0.2, 0.25) is 0 Å². The summed E-state index contributed by atoms with van der Waals surface area (Å²) in [7, 11) is 0. The summed E-state index contributed by atoms with van der Waals surface area (Å²) in [4.78, 5) is 24.3. The van der Waals surface area contributed by atoms with Gasteiger partial charge in [0.05, 0.1) is 23.8 Å². The number of aliphatic hydroxyl groups excluding tert-OH is 1. The molecule has 0 amide bonds. The Balaban J connectivity index is 1.59. The lowest BCUT2D eigenvalue weighted by Gasteiger charge is -2.32. The number of rotatable bonds is 4. The molecule has 0 aliphatic carbocycles. The Bertz CT molecular complexity index is 971. The summed E-state index contributed by atoms with van der Waals surface area (Å²) in [6.45, 7) is -0.368. The van der Waals surface area contributed by atoms with Crippen molar-refractivity contribution in [3.05, 3.63) is 35.4 Å². The number of carbonyl (C=O) groups is 2. The minimum Gasteiger partial charge on any atom is -0.504 e. The molecule has 7 N–H and O–H groups in total. The summed E-state index contributed by atoms with van der Waals surface area (Å²) >= 11 is 0. The fraction of sp³-hybridized carbons (Fsp3) is 0.263. The Morgan fingerprint density at radius 2 is 1.19 bits per heavy atom. The standard InChI is InChI=1S/C19H18O12/c20-9-5-15(31-19(28)8-3-12(23)17(26)13(24)4-8)29-6-14(9)30-18(27)7-1-10(21)16(25)11(22)2-7/h1-4,9,14-15,20-26H,5-6H2/t9-,14-,15+/m1/s1. The topological polar surface area (TPSA) is 203 Å². The van der Waals surface area contributed by atoms with Gasteiger partial charge in [0.15, 0.2) is 40.6 Å². The molecule has 0 saturated carbocycles. The molecular weight excluding hydrogens is 420 g/mol. The second kappa shape index (κ2) is 8.45. The van der Waals surface area contributed by atoms with Crippen LogP contribution in [0.5, 0.6) is 34.5 Å². The van der Waals surface area contributed by atoms with Crippen molar-refractivity contribution in [3.8, 4) is 34.5 Å². The zero-order valence-electron chi connectivity index (χ0n) is 15.6. The first-order chi connectivity index (χ1) is 14.6. The number of hydrogen-bond donors (Lipinski definition) is 7. The third-order valence-corrected chi connectivity index (χ3v) is 4.42. The molecule has 3 rings (SSSR count). The molecule has 1 fully saturated rings. The van der Waals surface area contributed by atoms with Gasteiger partial charge in [0.2, 0.25) is 6.29 Å². The summed E-state index contributed by atoms with van der Waals surface area (Å²) in [5.41, 5.74) is -0.577. The van der Waals surface area contributed by atoms with Gasteiger partial charge in [-0.3, -0.25) is 0 Å². The number of aliphatic hydroxyl groups is 1. The van der Waals surface area contributed by atoms with Crippen molar-refractivity contribution >= 4 is 11.9 Å². The van der Waals surface area contributed by atoms with E-state index in [1.807, 2.05) is 0 Å². The zero-order valence-corrected chi connectivity index (χ0v) is 15.6. The van der Waals surface area contributed by atoms with Crippen LogP contribution in [0.1, 0.15) is 27.1 Å². The van der Waals surface area contributed by atoms with Crippen molar-refractivity contribution < 1.29 is 59.5 Å². The number of hydrogen-bond acceptors (Lipinski definition) is 12. The SMILES string of the molecule is O=C(O[C@H]1C[C@@H](O)[C@H](OC(=O)c2cc(O)c(O)c(O)c2)CO1)c1cc(O)c(O)c(O)c1. The molecule has 166 valence electrons. The number of phenols is 6. The minimum atomic E-state index is -1.31. The van der Waals surface area contributed by atoms with E-state index in [9.17, 15) is 45.3 Å². The summed E-state index contributed by atoms with van der Waals surface area (Å²) in [6.07, 6.45) is -4.00. The molecule has 3 atom stereocenters. The summed E-state index contributed by atoms with van der Waals surface area (Å²) < 4.78 is 15.3. The Labute approximate surface area is 173 Å². The fourth-order valence-corrected chi connectivity index (χ4v) is 2.76. The minimum absolute atomic E-state index is 0.286. The quantitative estimate of drug-likeness (QED) is 0.256. The lowest BCUT2D eigenvalue weighted by molar-refractivity contribution is -0.195. The average Bonchev–Trinajstić information content (AvgIpc) is 2.71. The average molecular weight is 438 g/mol. The van der Waals surface area contributed by atoms with Gasteiger partial charge in [-0.15, -0.1) is 0 Å². The predicted molar refractivity (Wildman–Crippen MR) is 97.9 cm³/mol. The van der Waals surface area contributed by atoms with Crippen molar-refractivity contribution in [2.45, 2.75) is 24.9 Å².